The van der Waals surface area contributed by atoms with Gasteiger partial charge in [-0.2, -0.15) is 0 Å². The lowest BCUT2D eigenvalue weighted by atomic mass is 9.69. The number of aryl methyl sites for hydroxylation is 1. The summed E-state index contributed by atoms with van der Waals surface area (Å²) in [5.74, 6) is 0.598. The summed E-state index contributed by atoms with van der Waals surface area (Å²) in [7, 11) is 0. The molecule has 130 valence electrons. The van der Waals surface area contributed by atoms with E-state index >= 15 is 0 Å². The summed E-state index contributed by atoms with van der Waals surface area (Å²) in [5, 5.41) is 0. The third-order valence-corrected chi connectivity index (χ3v) is 6.66. The van der Waals surface area contributed by atoms with Crippen molar-refractivity contribution in [2.75, 3.05) is 0 Å². The molecule has 0 radical (unpaired) electrons. The van der Waals surface area contributed by atoms with E-state index in [0.717, 1.165) is 6.42 Å². The smallest absolute Gasteiger partial charge is 0.0722 e. The average molecular weight is 346 g/mol. The molecule has 0 nitrogen and oxygen atoms in total. The van der Waals surface area contributed by atoms with Gasteiger partial charge >= 0.3 is 0 Å². The van der Waals surface area contributed by atoms with E-state index in [1.165, 1.54) is 50.1 Å². The number of fused-ring (bicyclic) bond motifs is 10. The Bertz CT molecular complexity index is 1170. The predicted molar refractivity (Wildman–Crippen MR) is 113 cm³/mol. The predicted octanol–water partition coefficient (Wildman–Crippen LogP) is 6.67. The number of hydrogen-bond acceptors (Lipinski definition) is 0. The van der Waals surface area contributed by atoms with Gasteiger partial charge in [0.2, 0.25) is 0 Å². The van der Waals surface area contributed by atoms with E-state index in [4.69, 9.17) is 0 Å². The third-order valence-electron chi connectivity index (χ3n) is 6.66. The summed E-state index contributed by atoms with van der Waals surface area (Å²) in [6, 6.07) is 25.1. The molecule has 0 amide bonds. The molecule has 1 spiro atoms. The molecular weight excluding hydrogens is 324 g/mol. The zero-order valence-electron chi connectivity index (χ0n) is 15.8. The minimum absolute atomic E-state index is 0.152. The molecular formula is C27H22. The molecule has 2 atom stereocenters. The van der Waals surface area contributed by atoms with Crippen LogP contribution in [-0.2, 0) is 5.41 Å². The Kier molecular flexibility index (Phi) is 2.88. The topological polar surface area (TPSA) is 0 Å². The Morgan fingerprint density at radius 3 is 2.26 bits per heavy atom. The van der Waals surface area contributed by atoms with Crippen molar-refractivity contribution < 1.29 is 0 Å². The molecule has 0 saturated carbocycles. The molecule has 0 heteroatoms. The van der Waals surface area contributed by atoms with Gasteiger partial charge in [0.25, 0.3) is 0 Å². The number of benzene rings is 3. The molecule has 0 heterocycles. The van der Waals surface area contributed by atoms with Crippen molar-refractivity contribution in [3.8, 4) is 11.1 Å². The van der Waals surface area contributed by atoms with Crippen LogP contribution in [0.3, 0.4) is 0 Å². The Labute approximate surface area is 160 Å². The largest absolute Gasteiger partial charge is 0.0785 e. The van der Waals surface area contributed by atoms with Crippen LogP contribution in [0.5, 0.6) is 0 Å². The molecule has 0 aromatic heterocycles. The Morgan fingerprint density at radius 2 is 1.44 bits per heavy atom. The first-order valence-electron chi connectivity index (χ1n) is 9.95. The maximum Gasteiger partial charge on any atom is 0.0722 e. The highest BCUT2D eigenvalue weighted by Crippen LogP contribution is 2.64. The molecule has 27 heavy (non-hydrogen) atoms. The highest BCUT2D eigenvalue weighted by atomic mass is 14.5. The van der Waals surface area contributed by atoms with Crippen LogP contribution in [0.2, 0.25) is 0 Å². The second-order valence-corrected chi connectivity index (χ2v) is 8.30. The summed E-state index contributed by atoms with van der Waals surface area (Å²) in [6.45, 7) is 4.54. The molecule has 3 aliphatic rings. The standard InChI is InChI=1S/C27H22/c1-17-12-14-25-22(15-17)20-8-4-6-10-24(20)27(25)23-9-5-3-7-19(23)21-13-11-18(2)16-26(21)27/h3-11,13-17H,12H2,1-2H3. The van der Waals surface area contributed by atoms with E-state index in [9.17, 15) is 0 Å². The van der Waals surface area contributed by atoms with E-state index in [-0.39, 0.29) is 5.41 Å². The Hall–Kier alpha value is -2.86. The fourth-order valence-electron chi connectivity index (χ4n) is 5.61. The monoisotopic (exact) mass is 346 g/mol. The summed E-state index contributed by atoms with van der Waals surface area (Å²) in [6.07, 6.45) is 6.14. The Balaban J connectivity index is 1.82. The maximum absolute atomic E-state index is 2.52. The van der Waals surface area contributed by atoms with Gasteiger partial charge in [0.05, 0.1) is 5.41 Å². The molecule has 0 N–H and O–H groups in total. The molecule has 0 aliphatic heterocycles. The first-order chi connectivity index (χ1) is 13.2. The normalized spacial score (nSPS) is 24.0. The molecule has 6 rings (SSSR count). The van der Waals surface area contributed by atoms with Crippen LogP contribution in [0.15, 0.2) is 84.5 Å². The van der Waals surface area contributed by atoms with Crippen molar-refractivity contribution in [1.82, 2.24) is 0 Å². The van der Waals surface area contributed by atoms with Gasteiger partial charge in [0, 0.05) is 0 Å². The first kappa shape index (κ1) is 15.2. The van der Waals surface area contributed by atoms with Gasteiger partial charge in [-0.1, -0.05) is 91.4 Å². The van der Waals surface area contributed by atoms with Crippen LogP contribution in [0, 0.1) is 12.8 Å². The number of allylic oxidation sites excluding steroid dienone is 4. The molecule has 3 aliphatic carbocycles. The van der Waals surface area contributed by atoms with Crippen molar-refractivity contribution >= 4 is 5.57 Å². The van der Waals surface area contributed by atoms with Gasteiger partial charge < -0.3 is 0 Å². The lowest BCUT2D eigenvalue weighted by Crippen LogP contribution is -2.26. The van der Waals surface area contributed by atoms with Crippen molar-refractivity contribution in [1.29, 1.82) is 0 Å². The van der Waals surface area contributed by atoms with E-state index < -0.39 is 0 Å². The van der Waals surface area contributed by atoms with Gasteiger partial charge in [-0.25, -0.2) is 0 Å². The van der Waals surface area contributed by atoms with Gasteiger partial charge in [-0.15, -0.1) is 0 Å². The van der Waals surface area contributed by atoms with Crippen LogP contribution in [0.4, 0.5) is 0 Å². The van der Waals surface area contributed by atoms with Gasteiger partial charge in [-0.05, 0) is 63.8 Å². The third kappa shape index (κ3) is 1.74. The zero-order chi connectivity index (χ0) is 18.2. The van der Waals surface area contributed by atoms with Gasteiger partial charge in [-0.3, -0.25) is 0 Å². The van der Waals surface area contributed by atoms with Crippen LogP contribution < -0.4 is 0 Å². The molecule has 3 aromatic carbocycles. The summed E-state index contributed by atoms with van der Waals surface area (Å²) in [4.78, 5) is 0. The van der Waals surface area contributed by atoms with E-state index in [0.29, 0.717) is 5.92 Å². The van der Waals surface area contributed by atoms with E-state index in [1.54, 1.807) is 0 Å². The molecule has 0 fully saturated rings. The van der Waals surface area contributed by atoms with Gasteiger partial charge in [0.1, 0.15) is 0 Å². The molecule has 0 bridgehead atoms. The second kappa shape index (κ2) is 5.10. The summed E-state index contributed by atoms with van der Waals surface area (Å²) >= 11 is 0. The average Bonchev–Trinajstić information content (AvgIpc) is 3.14. The lowest BCUT2D eigenvalue weighted by Gasteiger charge is -2.32. The highest BCUT2D eigenvalue weighted by Gasteiger charge is 2.53. The van der Waals surface area contributed by atoms with Crippen LogP contribution >= 0.6 is 0 Å². The Morgan fingerprint density at radius 1 is 0.778 bits per heavy atom. The number of hydrogen-bond donors (Lipinski definition) is 0. The fraction of sp³-hybridized carbons (Fsp3) is 0.185. The quantitative estimate of drug-likeness (QED) is 0.426. The fourth-order valence-corrected chi connectivity index (χ4v) is 5.61. The van der Waals surface area contributed by atoms with Crippen LogP contribution in [-0.4, -0.2) is 0 Å². The first-order valence-corrected chi connectivity index (χ1v) is 9.95. The van der Waals surface area contributed by atoms with E-state index in [2.05, 4.69) is 92.7 Å². The lowest BCUT2D eigenvalue weighted by molar-refractivity contribution is 0.711. The second-order valence-electron chi connectivity index (χ2n) is 8.30. The van der Waals surface area contributed by atoms with Crippen molar-refractivity contribution in [2.24, 2.45) is 5.92 Å². The highest BCUT2D eigenvalue weighted by molar-refractivity contribution is 6.00. The molecule has 3 aromatic rings. The molecule has 2 unspecified atom stereocenters. The summed E-state index contributed by atoms with van der Waals surface area (Å²) < 4.78 is 0. The SMILES string of the molecule is Cc1ccc2c(c1)C1(C3=CCC(C)C=C3c3ccccc31)c1ccccc1-2. The molecule has 0 saturated heterocycles. The van der Waals surface area contributed by atoms with Gasteiger partial charge in [0.15, 0.2) is 0 Å². The van der Waals surface area contributed by atoms with Crippen molar-refractivity contribution in [3.05, 3.63) is 112 Å². The number of rotatable bonds is 0. The van der Waals surface area contributed by atoms with Crippen molar-refractivity contribution in [3.63, 3.8) is 0 Å². The maximum atomic E-state index is 2.52. The van der Waals surface area contributed by atoms with Crippen molar-refractivity contribution in [2.45, 2.75) is 25.7 Å². The minimum Gasteiger partial charge on any atom is -0.0785 e. The minimum atomic E-state index is -0.152. The van der Waals surface area contributed by atoms with Crippen LogP contribution in [0.1, 0.15) is 41.2 Å². The zero-order valence-corrected chi connectivity index (χ0v) is 15.8. The summed E-state index contributed by atoms with van der Waals surface area (Å²) in [5.41, 5.74) is 12.7. The van der Waals surface area contributed by atoms with Crippen LogP contribution in [0.25, 0.3) is 16.7 Å². The van der Waals surface area contributed by atoms with E-state index in [1.807, 2.05) is 0 Å².